The number of halogens is 6. The van der Waals surface area contributed by atoms with Crippen LogP contribution < -0.4 is 10.1 Å². The fraction of sp³-hybridized carbons (Fsp3) is 0.174. The van der Waals surface area contributed by atoms with Gasteiger partial charge in [0.2, 0.25) is 5.91 Å². The number of carbonyl (C=O) groups is 1. The first kappa shape index (κ1) is 23.2. The van der Waals surface area contributed by atoms with Crippen molar-refractivity contribution in [1.29, 1.82) is 0 Å². The second-order valence-corrected chi connectivity index (χ2v) is 6.81. The van der Waals surface area contributed by atoms with Crippen LogP contribution >= 0.6 is 0 Å². The van der Waals surface area contributed by atoms with Crippen molar-refractivity contribution in [2.24, 2.45) is 0 Å². The highest BCUT2D eigenvalue weighted by molar-refractivity contribution is 5.99. The molecule has 0 unspecified atom stereocenters. The van der Waals surface area contributed by atoms with Crippen molar-refractivity contribution >= 4 is 11.6 Å². The fourth-order valence-electron chi connectivity index (χ4n) is 3.04. The Hall–Kier alpha value is -3.49. The van der Waals surface area contributed by atoms with E-state index in [4.69, 9.17) is 0 Å². The van der Waals surface area contributed by atoms with E-state index < -0.39 is 36.0 Å². The van der Waals surface area contributed by atoms with Crippen LogP contribution in [-0.2, 0) is 4.79 Å². The quantitative estimate of drug-likeness (QED) is 0.425. The number of ether oxygens (including phenoxy) is 1. The van der Waals surface area contributed by atoms with Gasteiger partial charge in [-0.1, -0.05) is 72.8 Å². The molecule has 0 aromatic heterocycles. The van der Waals surface area contributed by atoms with E-state index in [9.17, 15) is 31.1 Å². The molecule has 3 aromatic rings. The molecule has 0 radical (unpaired) electrons. The first-order valence-electron chi connectivity index (χ1n) is 9.37. The first-order chi connectivity index (χ1) is 15.1. The molecule has 3 rings (SSSR count). The zero-order valence-corrected chi connectivity index (χ0v) is 16.3. The molecule has 168 valence electrons. The van der Waals surface area contributed by atoms with Crippen LogP contribution in [0.4, 0.5) is 32.0 Å². The lowest BCUT2D eigenvalue weighted by molar-refractivity contribution is -0.304. The molecular formula is C23H17F6NO2. The van der Waals surface area contributed by atoms with E-state index in [0.29, 0.717) is 11.1 Å². The van der Waals surface area contributed by atoms with Gasteiger partial charge < -0.3 is 10.1 Å². The summed E-state index contributed by atoms with van der Waals surface area (Å²) in [5, 5.41) is 2.41. The van der Waals surface area contributed by atoms with Crippen LogP contribution in [-0.4, -0.2) is 24.4 Å². The Morgan fingerprint density at radius 3 is 1.72 bits per heavy atom. The van der Waals surface area contributed by atoms with Crippen LogP contribution in [0, 0.1) is 0 Å². The molecule has 32 heavy (non-hydrogen) atoms. The van der Waals surface area contributed by atoms with Crippen molar-refractivity contribution < 1.29 is 35.9 Å². The maximum absolute atomic E-state index is 13.8. The van der Waals surface area contributed by atoms with Gasteiger partial charge in [-0.05, 0) is 23.3 Å². The minimum Gasteiger partial charge on any atom is -0.428 e. The van der Waals surface area contributed by atoms with E-state index in [1.165, 1.54) is 12.1 Å². The highest BCUT2D eigenvalue weighted by atomic mass is 19.4. The third-order valence-corrected chi connectivity index (χ3v) is 4.50. The van der Waals surface area contributed by atoms with Crippen molar-refractivity contribution in [2.45, 2.75) is 24.4 Å². The van der Waals surface area contributed by atoms with E-state index >= 15 is 0 Å². The standard InChI is InChI=1S/C23H17F6NO2/c24-21(22(25,26)27)23(28,29)32-18-14-8-7-13-17(18)30-20(31)19(15-9-3-1-4-10-15)16-11-5-2-6-12-16/h1-14,19,21H,(H,30,31)/t21-/m1/s1. The topological polar surface area (TPSA) is 38.3 Å². The Balaban J connectivity index is 1.90. The maximum Gasteiger partial charge on any atom is 0.439 e. The third kappa shape index (κ3) is 5.40. The molecule has 0 saturated heterocycles. The minimum absolute atomic E-state index is 0.330. The largest absolute Gasteiger partial charge is 0.439 e. The number of hydrogen-bond donors (Lipinski definition) is 1. The van der Waals surface area contributed by atoms with Gasteiger partial charge in [-0.15, -0.1) is 0 Å². The molecule has 9 heteroatoms. The zero-order chi connectivity index (χ0) is 23.4. The van der Waals surface area contributed by atoms with Crippen LogP contribution in [0.5, 0.6) is 5.75 Å². The minimum atomic E-state index is -5.83. The van der Waals surface area contributed by atoms with Crippen LogP contribution in [0.25, 0.3) is 0 Å². The second-order valence-electron chi connectivity index (χ2n) is 6.81. The highest BCUT2D eigenvalue weighted by Gasteiger charge is 2.59. The average Bonchev–Trinajstić information content (AvgIpc) is 2.75. The van der Waals surface area contributed by atoms with Gasteiger partial charge in [-0.3, -0.25) is 4.79 Å². The van der Waals surface area contributed by atoms with Crippen molar-refractivity contribution in [3.05, 3.63) is 96.1 Å². The Kier molecular flexibility index (Phi) is 6.76. The summed E-state index contributed by atoms with van der Waals surface area (Å²) in [7, 11) is 0. The summed E-state index contributed by atoms with van der Waals surface area (Å²) in [6.07, 6.45) is -15.6. The molecule has 0 heterocycles. The molecule has 1 amide bonds. The molecule has 0 spiro atoms. The second kappa shape index (κ2) is 9.33. The SMILES string of the molecule is O=C(Nc1ccccc1OC(F)(F)[C@H](F)C(F)(F)F)C(c1ccccc1)c1ccccc1. The monoisotopic (exact) mass is 453 g/mol. The summed E-state index contributed by atoms with van der Waals surface area (Å²) in [4.78, 5) is 13.1. The zero-order valence-electron chi connectivity index (χ0n) is 16.3. The molecule has 0 aliphatic carbocycles. The number of nitrogens with one attached hydrogen (secondary N) is 1. The maximum atomic E-state index is 13.8. The van der Waals surface area contributed by atoms with Crippen LogP contribution in [0.1, 0.15) is 17.0 Å². The van der Waals surface area contributed by atoms with Crippen molar-refractivity contribution in [3.8, 4) is 5.75 Å². The van der Waals surface area contributed by atoms with Gasteiger partial charge in [0.05, 0.1) is 11.6 Å². The lowest BCUT2D eigenvalue weighted by Gasteiger charge is -2.25. The number of para-hydroxylation sites is 2. The Labute approximate surface area is 179 Å². The van der Waals surface area contributed by atoms with E-state index in [1.807, 2.05) is 0 Å². The van der Waals surface area contributed by atoms with Crippen molar-refractivity contribution in [3.63, 3.8) is 0 Å². The highest BCUT2D eigenvalue weighted by Crippen LogP contribution is 2.39. The molecule has 0 aliphatic heterocycles. The lowest BCUT2D eigenvalue weighted by atomic mass is 9.90. The van der Waals surface area contributed by atoms with Gasteiger partial charge in [0.25, 0.3) is 6.17 Å². The third-order valence-electron chi connectivity index (χ3n) is 4.50. The van der Waals surface area contributed by atoms with Gasteiger partial charge in [0.15, 0.2) is 0 Å². The van der Waals surface area contributed by atoms with Gasteiger partial charge in [0.1, 0.15) is 5.75 Å². The van der Waals surface area contributed by atoms with Crippen LogP contribution in [0.3, 0.4) is 0 Å². The number of carbonyl (C=O) groups excluding carboxylic acids is 1. The normalized spacial score (nSPS) is 13.0. The fourth-order valence-corrected chi connectivity index (χ4v) is 3.04. The molecule has 0 fully saturated rings. The first-order valence-corrected chi connectivity index (χ1v) is 9.37. The summed E-state index contributed by atoms with van der Waals surface area (Å²) in [6, 6.07) is 21.8. The molecular weight excluding hydrogens is 436 g/mol. The summed E-state index contributed by atoms with van der Waals surface area (Å²) in [5.74, 6) is -2.30. The van der Waals surface area contributed by atoms with E-state index in [0.717, 1.165) is 12.1 Å². The Morgan fingerprint density at radius 2 is 1.22 bits per heavy atom. The summed E-state index contributed by atoms with van der Waals surface area (Å²) < 4.78 is 82.2. The predicted molar refractivity (Wildman–Crippen MR) is 106 cm³/mol. The summed E-state index contributed by atoms with van der Waals surface area (Å²) in [6.45, 7) is 0. The lowest BCUT2D eigenvalue weighted by Crippen LogP contribution is -2.45. The molecule has 3 aromatic carbocycles. The van der Waals surface area contributed by atoms with E-state index in [-0.39, 0.29) is 5.69 Å². The van der Waals surface area contributed by atoms with Crippen molar-refractivity contribution in [1.82, 2.24) is 0 Å². The molecule has 0 aliphatic rings. The smallest absolute Gasteiger partial charge is 0.428 e. The van der Waals surface area contributed by atoms with Gasteiger partial charge >= 0.3 is 12.3 Å². The summed E-state index contributed by atoms with van der Waals surface area (Å²) in [5.41, 5.74) is 0.866. The Morgan fingerprint density at radius 1 is 0.750 bits per heavy atom. The number of rotatable bonds is 7. The van der Waals surface area contributed by atoms with E-state index in [1.54, 1.807) is 60.7 Å². The molecule has 3 nitrogen and oxygen atoms in total. The number of anilines is 1. The van der Waals surface area contributed by atoms with Gasteiger partial charge in [-0.2, -0.15) is 22.0 Å². The number of benzene rings is 3. The Bertz CT molecular complexity index is 1000. The molecule has 1 N–H and O–H groups in total. The van der Waals surface area contributed by atoms with Crippen molar-refractivity contribution in [2.75, 3.05) is 5.32 Å². The van der Waals surface area contributed by atoms with E-state index in [2.05, 4.69) is 10.1 Å². The van der Waals surface area contributed by atoms with Gasteiger partial charge in [0, 0.05) is 0 Å². The predicted octanol–water partition coefficient (Wildman–Crippen LogP) is 6.33. The molecule has 1 atom stereocenters. The molecule has 0 bridgehead atoms. The summed E-state index contributed by atoms with van der Waals surface area (Å²) >= 11 is 0. The number of hydrogen-bond acceptors (Lipinski definition) is 2. The van der Waals surface area contributed by atoms with Crippen LogP contribution in [0.2, 0.25) is 0 Å². The van der Waals surface area contributed by atoms with Crippen LogP contribution in [0.15, 0.2) is 84.9 Å². The van der Waals surface area contributed by atoms with Gasteiger partial charge in [-0.25, -0.2) is 4.39 Å². The average molecular weight is 453 g/mol. The molecule has 0 saturated carbocycles. The number of alkyl halides is 6. The number of amides is 1.